The van der Waals surface area contributed by atoms with Crippen molar-refractivity contribution in [1.82, 2.24) is 0 Å². The van der Waals surface area contributed by atoms with E-state index in [9.17, 15) is 9.90 Å². The van der Waals surface area contributed by atoms with E-state index < -0.39 is 11.7 Å². The molecular weight excluding hydrogens is 206 g/mol. The standard InChI is InChI=1S/C7H14O.C5H11NO2/c1-7(8)5-3-2-4-6-7;1-5(2,3)8-4(6)7/h8H,2-6H2,1H3;1-3H3,(H2,6,7). The third-order valence-corrected chi connectivity index (χ3v) is 2.34. The van der Waals surface area contributed by atoms with E-state index in [2.05, 4.69) is 4.74 Å². The van der Waals surface area contributed by atoms with Crippen LogP contribution in [0, 0.1) is 0 Å². The highest BCUT2D eigenvalue weighted by Gasteiger charge is 2.22. The van der Waals surface area contributed by atoms with Gasteiger partial charge in [0.25, 0.3) is 0 Å². The van der Waals surface area contributed by atoms with E-state index in [0.717, 1.165) is 12.8 Å². The first-order chi connectivity index (χ1) is 7.12. The summed E-state index contributed by atoms with van der Waals surface area (Å²) in [5.74, 6) is 0. The van der Waals surface area contributed by atoms with Gasteiger partial charge in [0.05, 0.1) is 5.60 Å². The Labute approximate surface area is 98.2 Å². The van der Waals surface area contributed by atoms with E-state index >= 15 is 0 Å². The number of rotatable bonds is 0. The molecule has 0 bridgehead atoms. The van der Waals surface area contributed by atoms with Crippen molar-refractivity contribution in [3.05, 3.63) is 0 Å². The third kappa shape index (κ3) is 9.77. The average molecular weight is 231 g/mol. The van der Waals surface area contributed by atoms with Gasteiger partial charge in [0.1, 0.15) is 5.60 Å². The molecule has 1 aliphatic carbocycles. The van der Waals surface area contributed by atoms with Gasteiger partial charge in [0.2, 0.25) is 0 Å². The van der Waals surface area contributed by atoms with Crippen LogP contribution in [0.3, 0.4) is 0 Å². The van der Waals surface area contributed by atoms with E-state index in [4.69, 9.17) is 5.73 Å². The normalized spacial score (nSPS) is 19.3. The number of hydrogen-bond acceptors (Lipinski definition) is 3. The minimum absolute atomic E-state index is 0.321. The smallest absolute Gasteiger partial charge is 0.405 e. The predicted octanol–water partition coefficient (Wildman–Crippen LogP) is 2.58. The van der Waals surface area contributed by atoms with E-state index in [0.29, 0.717) is 0 Å². The first-order valence-electron chi connectivity index (χ1n) is 5.83. The quantitative estimate of drug-likeness (QED) is 0.673. The number of amides is 1. The number of carbonyl (C=O) groups is 1. The Balaban J connectivity index is 0.000000281. The Morgan fingerprint density at radius 3 is 1.81 bits per heavy atom. The molecule has 1 rings (SSSR count). The van der Waals surface area contributed by atoms with Gasteiger partial charge in [-0.3, -0.25) is 0 Å². The molecule has 1 fully saturated rings. The molecule has 0 aliphatic heterocycles. The molecule has 0 heterocycles. The summed E-state index contributed by atoms with van der Waals surface area (Å²) in [6.45, 7) is 7.22. The fourth-order valence-electron chi connectivity index (χ4n) is 1.62. The van der Waals surface area contributed by atoms with Crippen molar-refractivity contribution < 1.29 is 14.6 Å². The lowest BCUT2D eigenvalue weighted by atomic mass is 9.87. The lowest BCUT2D eigenvalue weighted by Gasteiger charge is -2.27. The average Bonchev–Trinajstić information content (AvgIpc) is 1.99. The first kappa shape index (κ1) is 15.2. The van der Waals surface area contributed by atoms with Crippen LogP contribution in [0.25, 0.3) is 0 Å². The van der Waals surface area contributed by atoms with Gasteiger partial charge in [-0.2, -0.15) is 0 Å². The predicted molar refractivity (Wildman–Crippen MR) is 64.1 cm³/mol. The largest absolute Gasteiger partial charge is 0.444 e. The minimum Gasteiger partial charge on any atom is -0.444 e. The molecular formula is C12H25NO3. The molecule has 0 radical (unpaired) electrons. The molecule has 3 N–H and O–H groups in total. The minimum atomic E-state index is -0.725. The molecule has 0 spiro atoms. The van der Waals surface area contributed by atoms with Crippen LogP contribution in [-0.4, -0.2) is 22.4 Å². The Morgan fingerprint density at radius 1 is 1.25 bits per heavy atom. The molecule has 1 aliphatic rings. The Morgan fingerprint density at radius 2 is 1.69 bits per heavy atom. The molecule has 0 aromatic rings. The Bertz CT molecular complexity index is 211. The van der Waals surface area contributed by atoms with Gasteiger partial charge in [-0.1, -0.05) is 19.3 Å². The fraction of sp³-hybridized carbons (Fsp3) is 0.917. The summed E-state index contributed by atoms with van der Waals surface area (Å²) in [5.41, 5.74) is 3.94. The van der Waals surface area contributed by atoms with Gasteiger partial charge in [0, 0.05) is 0 Å². The maximum Gasteiger partial charge on any atom is 0.405 e. The highest BCUT2D eigenvalue weighted by molar-refractivity contribution is 5.65. The van der Waals surface area contributed by atoms with Crippen LogP contribution in [0.4, 0.5) is 4.79 Å². The van der Waals surface area contributed by atoms with Crippen molar-refractivity contribution in [3.8, 4) is 0 Å². The summed E-state index contributed by atoms with van der Waals surface area (Å²) in [7, 11) is 0. The van der Waals surface area contributed by atoms with Crippen molar-refractivity contribution in [2.75, 3.05) is 0 Å². The van der Waals surface area contributed by atoms with Crippen LogP contribution in [0.1, 0.15) is 59.8 Å². The van der Waals surface area contributed by atoms with E-state index in [1.54, 1.807) is 20.8 Å². The second-order valence-electron chi connectivity index (χ2n) is 5.59. The topological polar surface area (TPSA) is 72.5 Å². The summed E-state index contributed by atoms with van der Waals surface area (Å²) < 4.78 is 4.58. The van der Waals surface area contributed by atoms with Crippen molar-refractivity contribution >= 4 is 6.09 Å². The fourth-order valence-corrected chi connectivity index (χ4v) is 1.62. The molecule has 1 amide bonds. The highest BCUT2D eigenvalue weighted by atomic mass is 16.6. The van der Waals surface area contributed by atoms with Crippen LogP contribution in [0.2, 0.25) is 0 Å². The second kappa shape index (κ2) is 6.09. The molecule has 0 aromatic heterocycles. The Kier molecular flexibility index (Phi) is 5.79. The monoisotopic (exact) mass is 231 g/mol. The molecule has 0 saturated heterocycles. The molecule has 0 unspecified atom stereocenters. The second-order valence-corrected chi connectivity index (χ2v) is 5.59. The summed E-state index contributed by atoms with van der Waals surface area (Å²) in [6, 6.07) is 0. The number of primary amides is 1. The van der Waals surface area contributed by atoms with Gasteiger partial charge < -0.3 is 15.6 Å². The zero-order chi connectivity index (χ0) is 12.8. The number of aliphatic hydroxyl groups is 1. The maximum absolute atomic E-state index is 10.0. The van der Waals surface area contributed by atoms with Gasteiger partial charge in [-0.25, -0.2) is 4.79 Å². The summed E-state index contributed by atoms with van der Waals surface area (Å²) >= 11 is 0. The number of hydrogen-bond donors (Lipinski definition) is 2. The van der Waals surface area contributed by atoms with Crippen molar-refractivity contribution in [2.24, 2.45) is 5.73 Å². The molecule has 4 heteroatoms. The molecule has 1 saturated carbocycles. The van der Waals surface area contributed by atoms with Gasteiger partial charge >= 0.3 is 6.09 Å². The lowest BCUT2D eigenvalue weighted by Crippen LogP contribution is -2.27. The highest BCUT2D eigenvalue weighted by Crippen LogP contribution is 2.26. The van der Waals surface area contributed by atoms with Crippen LogP contribution in [-0.2, 0) is 4.74 Å². The Hall–Kier alpha value is -0.770. The van der Waals surface area contributed by atoms with Crippen molar-refractivity contribution in [2.45, 2.75) is 71.0 Å². The maximum atomic E-state index is 10.0. The van der Waals surface area contributed by atoms with E-state index in [-0.39, 0.29) is 5.60 Å². The van der Waals surface area contributed by atoms with E-state index in [1.807, 2.05) is 6.92 Å². The summed E-state index contributed by atoms with van der Waals surface area (Å²) in [5, 5.41) is 9.37. The SMILES string of the molecule is CC(C)(C)OC(N)=O.CC1(O)CCCCC1. The molecule has 0 aromatic carbocycles. The summed E-state index contributed by atoms with van der Waals surface area (Å²) in [6.07, 6.45) is 5.04. The first-order valence-corrected chi connectivity index (χ1v) is 5.83. The molecule has 4 nitrogen and oxygen atoms in total. The van der Waals surface area contributed by atoms with Crippen molar-refractivity contribution in [3.63, 3.8) is 0 Å². The number of nitrogens with two attached hydrogens (primary N) is 1. The molecule has 0 atom stereocenters. The number of carbonyl (C=O) groups excluding carboxylic acids is 1. The van der Waals surface area contributed by atoms with Crippen LogP contribution < -0.4 is 5.73 Å². The zero-order valence-electron chi connectivity index (χ0n) is 10.9. The van der Waals surface area contributed by atoms with Gasteiger partial charge in [-0.05, 0) is 40.5 Å². The van der Waals surface area contributed by atoms with Gasteiger partial charge in [-0.15, -0.1) is 0 Å². The number of ether oxygens (including phenoxy) is 1. The van der Waals surface area contributed by atoms with Crippen LogP contribution in [0.15, 0.2) is 0 Å². The third-order valence-electron chi connectivity index (χ3n) is 2.34. The zero-order valence-corrected chi connectivity index (χ0v) is 10.9. The summed E-state index contributed by atoms with van der Waals surface area (Å²) in [4.78, 5) is 10.0. The molecule has 96 valence electrons. The van der Waals surface area contributed by atoms with Crippen LogP contribution in [0.5, 0.6) is 0 Å². The van der Waals surface area contributed by atoms with E-state index in [1.165, 1.54) is 19.3 Å². The van der Waals surface area contributed by atoms with Gasteiger partial charge in [0.15, 0.2) is 0 Å². The van der Waals surface area contributed by atoms with Crippen molar-refractivity contribution in [1.29, 1.82) is 0 Å². The molecule has 16 heavy (non-hydrogen) atoms. The lowest BCUT2D eigenvalue weighted by molar-refractivity contribution is 0.0225. The van der Waals surface area contributed by atoms with Crippen LogP contribution >= 0.6 is 0 Å².